The van der Waals surface area contributed by atoms with Gasteiger partial charge in [0.25, 0.3) is 5.91 Å². The number of aliphatic carboxylic acids is 1. The highest BCUT2D eigenvalue weighted by Gasteiger charge is 2.21. The molecule has 0 aliphatic carbocycles. The normalized spacial score (nSPS) is 13.2. The second kappa shape index (κ2) is 6.03. The number of carbonyl (C=O) groups is 3. The fourth-order valence-corrected chi connectivity index (χ4v) is 0.750. The fraction of sp³-hybridized carbons (Fsp3) is 0.545. The Kier molecular flexibility index (Phi) is 5.37. The number of nitrogens with one attached hydrogen (secondary N) is 2. The SMILES string of the molecule is CC(NC(=O)NC(=O)/C=C/C(=O)O)C(C)(C)C. The molecule has 6 nitrogen and oxygen atoms in total. The molecule has 0 heterocycles. The van der Waals surface area contributed by atoms with Gasteiger partial charge in [-0.15, -0.1) is 0 Å². The molecule has 0 saturated carbocycles. The van der Waals surface area contributed by atoms with Crippen molar-refractivity contribution >= 4 is 17.9 Å². The van der Waals surface area contributed by atoms with Crippen molar-refractivity contribution in [1.82, 2.24) is 10.6 Å². The van der Waals surface area contributed by atoms with Gasteiger partial charge in [-0.3, -0.25) is 10.1 Å². The first kappa shape index (κ1) is 15.2. The van der Waals surface area contributed by atoms with Crippen LogP contribution in [-0.4, -0.2) is 29.1 Å². The minimum absolute atomic E-state index is 0.126. The maximum Gasteiger partial charge on any atom is 0.328 e. The third kappa shape index (κ3) is 7.10. The molecular weight excluding hydrogens is 224 g/mol. The second-order valence-electron chi connectivity index (χ2n) is 4.72. The standard InChI is InChI=1S/C11H18N2O4/c1-7(11(2,3)4)12-10(17)13-8(14)5-6-9(15)16/h5-7H,1-4H3,(H,15,16)(H2,12,13,14,17)/b6-5+. The molecule has 3 amide bonds. The number of amides is 3. The van der Waals surface area contributed by atoms with E-state index in [-0.39, 0.29) is 11.5 Å². The summed E-state index contributed by atoms with van der Waals surface area (Å²) in [5.74, 6) is -2.02. The minimum atomic E-state index is -1.25. The maximum absolute atomic E-state index is 11.3. The van der Waals surface area contributed by atoms with Crippen LogP contribution in [0.2, 0.25) is 0 Å². The van der Waals surface area contributed by atoms with Crippen LogP contribution >= 0.6 is 0 Å². The second-order valence-corrected chi connectivity index (χ2v) is 4.72. The van der Waals surface area contributed by atoms with Gasteiger partial charge >= 0.3 is 12.0 Å². The minimum Gasteiger partial charge on any atom is -0.478 e. The average molecular weight is 242 g/mol. The number of carbonyl (C=O) groups excluding carboxylic acids is 2. The Balaban J connectivity index is 4.20. The van der Waals surface area contributed by atoms with Crippen LogP contribution in [0.3, 0.4) is 0 Å². The smallest absolute Gasteiger partial charge is 0.328 e. The Morgan fingerprint density at radius 1 is 1.18 bits per heavy atom. The fourth-order valence-electron chi connectivity index (χ4n) is 0.750. The molecule has 0 saturated heterocycles. The molecule has 1 atom stereocenters. The van der Waals surface area contributed by atoms with E-state index in [9.17, 15) is 14.4 Å². The lowest BCUT2D eigenvalue weighted by atomic mass is 9.88. The molecule has 0 bridgehead atoms. The lowest BCUT2D eigenvalue weighted by Crippen LogP contribution is -2.47. The van der Waals surface area contributed by atoms with Gasteiger partial charge < -0.3 is 10.4 Å². The molecule has 96 valence electrons. The van der Waals surface area contributed by atoms with Crippen molar-refractivity contribution in [3.8, 4) is 0 Å². The number of hydrogen-bond acceptors (Lipinski definition) is 3. The predicted octanol–water partition coefficient (Wildman–Crippen LogP) is 0.888. The van der Waals surface area contributed by atoms with Gasteiger partial charge in [-0.25, -0.2) is 9.59 Å². The number of imide groups is 1. The van der Waals surface area contributed by atoms with Gasteiger partial charge in [0.2, 0.25) is 0 Å². The summed E-state index contributed by atoms with van der Waals surface area (Å²) in [6.07, 6.45) is 1.44. The molecule has 3 N–H and O–H groups in total. The molecule has 0 aliphatic heterocycles. The third-order valence-electron chi connectivity index (χ3n) is 2.26. The Morgan fingerprint density at radius 3 is 2.12 bits per heavy atom. The molecule has 0 aromatic rings. The van der Waals surface area contributed by atoms with E-state index in [2.05, 4.69) is 5.32 Å². The number of rotatable bonds is 3. The molecule has 0 aliphatic rings. The number of carboxylic acid groups (broad SMARTS) is 1. The zero-order chi connectivity index (χ0) is 13.6. The summed E-state index contributed by atoms with van der Waals surface area (Å²) in [4.78, 5) is 32.5. The maximum atomic E-state index is 11.3. The zero-order valence-electron chi connectivity index (χ0n) is 10.4. The Morgan fingerprint density at radius 2 is 1.71 bits per heavy atom. The van der Waals surface area contributed by atoms with Gasteiger partial charge in [-0.05, 0) is 12.3 Å². The molecule has 0 radical (unpaired) electrons. The van der Waals surface area contributed by atoms with Crippen LogP contribution in [0.1, 0.15) is 27.7 Å². The molecule has 0 spiro atoms. The van der Waals surface area contributed by atoms with E-state index >= 15 is 0 Å². The first-order valence-corrected chi connectivity index (χ1v) is 5.15. The molecule has 17 heavy (non-hydrogen) atoms. The van der Waals surface area contributed by atoms with Crippen molar-refractivity contribution in [1.29, 1.82) is 0 Å². The summed E-state index contributed by atoms with van der Waals surface area (Å²) in [7, 11) is 0. The largest absolute Gasteiger partial charge is 0.478 e. The van der Waals surface area contributed by atoms with Crippen molar-refractivity contribution in [2.45, 2.75) is 33.7 Å². The molecule has 6 heteroatoms. The van der Waals surface area contributed by atoms with Gasteiger partial charge in [0.15, 0.2) is 0 Å². The topological polar surface area (TPSA) is 95.5 Å². The number of carboxylic acids is 1. The van der Waals surface area contributed by atoms with Gasteiger partial charge in [0.1, 0.15) is 0 Å². The predicted molar refractivity (Wildman–Crippen MR) is 62.4 cm³/mol. The third-order valence-corrected chi connectivity index (χ3v) is 2.26. The van der Waals surface area contributed by atoms with Crippen LogP contribution in [0, 0.1) is 5.41 Å². The van der Waals surface area contributed by atoms with Crippen molar-refractivity contribution in [3.63, 3.8) is 0 Å². The first-order valence-electron chi connectivity index (χ1n) is 5.15. The van der Waals surface area contributed by atoms with Crippen LogP contribution < -0.4 is 10.6 Å². The van der Waals surface area contributed by atoms with E-state index in [1.54, 1.807) is 0 Å². The summed E-state index contributed by atoms with van der Waals surface area (Å²) < 4.78 is 0. The lowest BCUT2D eigenvalue weighted by Gasteiger charge is -2.27. The first-order chi connectivity index (χ1) is 7.62. The van der Waals surface area contributed by atoms with E-state index in [0.717, 1.165) is 6.08 Å². The van der Waals surface area contributed by atoms with Crippen molar-refractivity contribution < 1.29 is 19.5 Å². The number of hydrogen-bond donors (Lipinski definition) is 3. The monoisotopic (exact) mass is 242 g/mol. The van der Waals surface area contributed by atoms with Crippen LogP contribution in [0.15, 0.2) is 12.2 Å². The summed E-state index contributed by atoms with van der Waals surface area (Å²) in [6.45, 7) is 7.66. The van der Waals surface area contributed by atoms with Crippen molar-refractivity contribution in [2.24, 2.45) is 5.41 Å². The van der Waals surface area contributed by atoms with E-state index in [1.165, 1.54) is 0 Å². The molecule has 0 aromatic carbocycles. The highest BCUT2D eigenvalue weighted by Crippen LogP contribution is 2.18. The summed E-state index contributed by atoms with van der Waals surface area (Å²) >= 11 is 0. The van der Waals surface area contributed by atoms with Gasteiger partial charge in [0.05, 0.1) is 0 Å². The van der Waals surface area contributed by atoms with Crippen LogP contribution in [-0.2, 0) is 9.59 Å². The summed E-state index contributed by atoms with van der Waals surface area (Å²) in [5.41, 5.74) is -0.128. The van der Waals surface area contributed by atoms with Crippen LogP contribution in [0.5, 0.6) is 0 Å². The quantitative estimate of drug-likeness (QED) is 0.640. The highest BCUT2D eigenvalue weighted by atomic mass is 16.4. The van der Waals surface area contributed by atoms with Crippen molar-refractivity contribution in [2.75, 3.05) is 0 Å². The van der Waals surface area contributed by atoms with Crippen LogP contribution in [0.25, 0.3) is 0 Å². The van der Waals surface area contributed by atoms with E-state index in [1.807, 2.05) is 33.0 Å². The Bertz CT molecular complexity index is 342. The Labute approximate surface area is 100 Å². The average Bonchev–Trinajstić information content (AvgIpc) is 2.12. The number of urea groups is 1. The molecule has 1 unspecified atom stereocenters. The van der Waals surface area contributed by atoms with Gasteiger partial charge in [0, 0.05) is 18.2 Å². The van der Waals surface area contributed by atoms with E-state index < -0.39 is 17.9 Å². The zero-order valence-corrected chi connectivity index (χ0v) is 10.4. The van der Waals surface area contributed by atoms with Gasteiger partial charge in [-0.2, -0.15) is 0 Å². The lowest BCUT2D eigenvalue weighted by molar-refractivity contribution is -0.131. The van der Waals surface area contributed by atoms with Crippen LogP contribution in [0.4, 0.5) is 4.79 Å². The highest BCUT2D eigenvalue weighted by molar-refractivity contribution is 6.02. The molecular formula is C11H18N2O4. The summed E-state index contributed by atoms with van der Waals surface area (Å²) in [6, 6.07) is -0.772. The van der Waals surface area contributed by atoms with E-state index in [4.69, 9.17) is 5.11 Å². The van der Waals surface area contributed by atoms with Gasteiger partial charge in [-0.1, -0.05) is 20.8 Å². The summed E-state index contributed by atoms with van der Waals surface area (Å²) in [5, 5.41) is 12.9. The van der Waals surface area contributed by atoms with E-state index in [0.29, 0.717) is 6.08 Å². The Hall–Kier alpha value is -1.85. The molecule has 0 aromatic heterocycles. The molecule has 0 fully saturated rings. The van der Waals surface area contributed by atoms with Crippen molar-refractivity contribution in [3.05, 3.63) is 12.2 Å². The molecule has 0 rings (SSSR count).